The molecular formula is C17H22BrClN2O. The van der Waals surface area contributed by atoms with Gasteiger partial charge in [0.2, 0.25) is 5.91 Å². The Balaban J connectivity index is 0.00000144. The van der Waals surface area contributed by atoms with E-state index in [1.54, 1.807) is 0 Å². The second-order valence-corrected chi connectivity index (χ2v) is 7.73. The Kier molecular flexibility index (Phi) is 4.54. The number of fused-ring (bicyclic) bond motifs is 1. The molecule has 1 aromatic rings. The molecule has 2 aliphatic carbocycles. The van der Waals surface area contributed by atoms with Crippen molar-refractivity contribution in [1.82, 2.24) is 10.6 Å². The van der Waals surface area contributed by atoms with Crippen molar-refractivity contribution in [2.45, 2.75) is 38.1 Å². The van der Waals surface area contributed by atoms with Crippen LogP contribution in [-0.2, 0) is 11.2 Å². The van der Waals surface area contributed by atoms with Gasteiger partial charge >= 0.3 is 0 Å². The summed E-state index contributed by atoms with van der Waals surface area (Å²) in [7, 11) is 0. The normalized spacial score (nSPS) is 27.9. The van der Waals surface area contributed by atoms with Gasteiger partial charge < -0.3 is 10.6 Å². The van der Waals surface area contributed by atoms with Gasteiger partial charge in [0.15, 0.2) is 0 Å². The molecular weight excluding hydrogens is 364 g/mol. The molecule has 4 rings (SSSR count). The van der Waals surface area contributed by atoms with Crippen molar-refractivity contribution in [3.8, 4) is 0 Å². The van der Waals surface area contributed by atoms with E-state index >= 15 is 0 Å². The summed E-state index contributed by atoms with van der Waals surface area (Å²) in [5.74, 6) is 0.553. The van der Waals surface area contributed by atoms with Crippen LogP contribution in [0, 0.1) is 11.3 Å². The van der Waals surface area contributed by atoms with Crippen LogP contribution >= 0.6 is 28.3 Å². The monoisotopic (exact) mass is 384 g/mol. The van der Waals surface area contributed by atoms with Gasteiger partial charge in [0, 0.05) is 10.4 Å². The van der Waals surface area contributed by atoms with Gasteiger partial charge in [0.1, 0.15) is 0 Å². The maximum absolute atomic E-state index is 12.6. The van der Waals surface area contributed by atoms with Crippen LogP contribution in [0.1, 0.15) is 42.9 Å². The third kappa shape index (κ3) is 2.81. The molecule has 2 fully saturated rings. The summed E-state index contributed by atoms with van der Waals surface area (Å²) < 4.78 is 1.13. The zero-order valence-electron chi connectivity index (χ0n) is 12.5. The van der Waals surface area contributed by atoms with Crippen molar-refractivity contribution < 1.29 is 4.79 Å². The summed E-state index contributed by atoms with van der Waals surface area (Å²) in [5, 5.41) is 6.71. The Bertz CT molecular complexity index is 586. The van der Waals surface area contributed by atoms with E-state index in [1.165, 1.54) is 24.0 Å². The zero-order valence-corrected chi connectivity index (χ0v) is 14.9. The van der Waals surface area contributed by atoms with Crippen molar-refractivity contribution in [2.75, 3.05) is 13.1 Å². The van der Waals surface area contributed by atoms with Crippen LogP contribution in [0.25, 0.3) is 0 Å². The molecule has 1 aliphatic heterocycles. The predicted molar refractivity (Wildman–Crippen MR) is 93.2 cm³/mol. The number of hydrogen-bond donors (Lipinski definition) is 2. The number of halogens is 2. The molecule has 1 saturated carbocycles. The van der Waals surface area contributed by atoms with Gasteiger partial charge in [-0.1, -0.05) is 22.0 Å². The van der Waals surface area contributed by atoms with Crippen molar-refractivity contribution in [3.05, 3.63) is 33.8 Å². The summed E-state index contributed by atoms with van der Waals surface area (Å²) in [4.78, 5) is 12.6. The lowest BCUT2D eigenvalue weighted by Crippen LogP contribution is -2.34. The Hall–Kier alpha value is -0.580. The molecule has 1 aromatic carbocycles. The highest BCUT2D eigenvalue weighted by Crippen LogP contribution is 2.58. The van der Waals surface area contributed by atoms with Crippen LogP contribution in [0.3, 0.4) is 0 Å². The Labute approximate surface area is 146 Å². The quantitative estimate of drug-likeness (QED) is 0.819. The smallest absolute Gasteiger partial charge is 0.224 e. The molecule has 1 amide bonds. The lowest BCUT2D eigenvalue weighted by molar-refractivity contribution is -0.124. The molecule has 0 bridgehead atoms. The van der Waals surface area contributed by atoms with Gasteiger partial charge in [0.05, 0.1) is 6.04 Å². The molecule has 1 saturated heterocycles. The maximum atomic E-state index is 12.6. The molecule has 1 heterocycles. The van der Waals surface area contributed by atoms with E-state index < -0.39 is 0 Å². The van der Waals surface area contributed by atoms with Gasteiger partial charge in [-0.2, -0.15) is 0 Å². The third-order valence-electron chi connectivity index (χ3n) is 5.60. The predicted octanol–water partition coefficient (Wildman–Crippen LogP) is 3.36. The molecule has 2 atom stereocenters. The van der Waals surface area contributed by atoms with Gasteiger partial charge in [-0.15, -0.1) is 12.4 Å². The Morgan fingerprint density at radius 2 is 2.09 bits per heavy atom. The van der Waals surface area contributed by atoms with E-state index in [-0.39, 0.29) is 30.3 Å². The topological polar surface area (TPSA) is 41.1 Å². The van der Waals surface area contributed by atoms with Crippen LogP contribution in [0.4, 0.5) is 0 Å². The molecule has 5 heteroatoms. The minimum atomic E-state index is 0. The summed E-state index contributed by atoms with van der Waals surface area (Å²) in [6.07, 6.45) is 5.54. The van der Waals surface area contributed by atoms with Crippen molar-refractivity contribution in [3.63, 3.8) is 0 Å². The van der Waals surface area contributed by atoms with E-state index in [0.717, 1.165) is 36.8 Å². The van der Waals surface area contributed by atoms with Gasteiger partial charge in [-0.05, 0) is 73.9 Å². The van der Waals surface area contributed by atoms with Crippen LogP contribution in [0.2, 0.25) is 0 Å². The highest BCUT2D eigenvalue weighted by molar-refractivity contribution is 9.10. The second-order valence-electron chi connectivity index (χ2n) is 6.81. The summed E-state index contributed by atoms with van der Waals surface area (Å²) in [5.41, 5.74) is 3.02. The van der Waals surface area contributed by atoms with Crippen molar-refractivity contribution >= 4 is 34.2 Å². The van der Waals surface area contributed by atoms with Gasteiger partial charge in [-0.3, -0.25) is 4.79 Å². The fourth-order valence-corrected chi connectivity index (χ4v) is 4.61. The highest BCUT2D eigenvalue weighted by Gasteiger charge is 2.57. The average Bonchev–Trinajstić information content (AvgIpc) is 3.03. The van der Waals surface area contributed by atoms with Gasteiger partial charge in [0.25, 0.3) is 0 Å². The molecule has 0 radical (unpaired) electrons. The Morgan fingerprint density at radius 3 is 2.86 bits per heavy atom. The fraction of sp³-hybridized carbons (Fsp3) is 0.588. The molecule has 120 valence electrons. The first-order valence-corrected chi connectivity index (χ1v) is 8.77. The number of amides is 1. The summed E-state index contributed by atoms with van der Waals surface area (Å²) >= 11 is 3.52. The lowest BCUT2D eigenvalue weighted by Gasteiger charge is -2.23. The fourth-order valence-electron chi connectivity index (χ4n) is 4.20. The summed E-state index contributed by atoms with van der Waals surface area (Å²) in [6.45, 7) is 2.15. The first-order chi connectivity index (χ1) is 10.2. The molecule has 0 aromatic heterocycles. The number of carbonyl (C=O) groups is 1. The zero-order chi connectivity index (χ0) is 14.4. The standard InChI is InChI=1S/C17H21BrN2O.ClH/c18-12-2-3-13-11(9-12)1-4-15(13)20-16(21)14-10-17(14)5-7-19-8-6-17;/h2-3,9,14-15,19H,1,4-8,10H2,(H,20,21);1H. The molecule has 1 spiro atoms. The first kappa shape index (κ1) is 16.3. The van der Waals surface area contributed by atoms with E-state index in [1.807, 2.05) is 0 Å². The number of hydrogen-bond acceptors (Lipinski definition) is 2. The molecule has 3 nitrogen and oxygen atoms in total. The van der Waals surface area contributed by atoms with Gasteiger partial charge in [-0.25, -0.2) is 0 Å². The highest BCUT2D eigenvalue weighted by atomic mass is 79.9. The number of rotatable bonds is 2. The van der Waals surface area contributed by atoms with Crippen molar-refractivity contribution in [2.24, 2.45) is 11.3 Å². The summed E-state index contributed by atoms with van der Waals surface area (Å²) in [6, 6.07) is 6.65. The van der Waals surface area contributed by atoms with Crippen molar-refractivity contribution in [1.29, 1.82) is 0 Å². The molecule has 22 heavy (non-hydrogen) atoms. The number of benzene rings is 1. The number of carbonyl (C=O) groups excluding carboxylic acids is 1. The number of nitrogens with one attached hydrogen (secondary N) is 2. The first-order valence-electron chi connectivity index (χ1n) is 7.97. The SMILES string of the molecule is Cl.O=C(NC1CCc2cc(Br)ccc21)C1CC12CCNCC2. The van der Waals surface area contributed by atoms with Crippen LogP contribution in [0.15, 0.2) is 22.7 Å². The van der Waals surface area contributed by atoms with E-state index in [9.17, 15) is 4.79 Å². The molecule has 2 unspecified atom stereocenters. The van der Waals surface area contributed by atoms with Crippen LogP contribution in [0.5, 0.6) is 0 Å². The maximum Gasteiger partial charge on any atom is 0.224 e. The lowest BCUT2D eigenvalue weighted by atomic mass is 9.91. The minimum Gasteiger partial charge on any atom is -0.349 e. The number of aryl methyl sites for hydroxylation is 1. The molecule has 3 aliphatic rings. The van der Waals surface area contributed by atoms with E-state index in [0.29, 0.717) is 5.41 Å². The van der Waals surface area contributed by atoms with Crippen LogP contribution < -0.4 is 10.6 Å². The third-order valence-corrected chi connectivity index (χ3v) is 6.10. The molecule has 2 N–H and O–H groups in total. The number of piperidine rings is 1. The van der Waals surface area contributed by atoms with E-state index in [4.69, 9.17) is 0 Å². The Morgan fingerprint density at radius 1 is 1.32 bits per heavy atom. The largest absolute Gasteiger partial charge is 0.349 e. The van der Waals surface area contributed by atoms with E-state index in [2.05, 4.69) is 44.8 Å². The van der Waals surface area contributed by atoms with Crippen LogP contribution in [-0.4, -0.2) is 19.0 Å². The minimum absolute atomic E-state index is 0. The average molecular weight is 386 g/mol. The second kappa shape index (κ2) is 6.14.